The van der Waals surface area contributed by atoms with Crippen molar-refractivity contribution in [3.8, 4) is 16.9 Å². The molecule has 1 aromatic heterocycles. The van der Waals surface area contributed by atoms with Gasteiger partial charge in [0.2, 0.25) is 0 Å². The lowest BCUT2D eigenvalue weighted by atomic mass is 10.0. The summed E-state index contributed by atoms with van der Waals surface area (Å²) in [6.07, 6.45) is 1.70. The Balaban J connectivity index is 1.67. The Morgan fingerprint density at radius 1 is 1.00 bits per heavy atom. The Morgan fingerprint density at radius 2 is 1.75 bits per heavy atom. The van der Waals surface area contributed by atoms with Crippen molar-refractivity contribution >= 4 is 5.91 Å². The van der Waals surface area contributed by atoms with E-state index in [0.717, 1.165) is 16.7 Å². The smallest absolute Gasteiger partial charge is 0.258 e. The molecule has 4 rings (SSSR count). The van der Waals surface area contributed by atoms with Gasteiger partial charge in [0.05, 0.1) is 12.1 Å². The molecule has 6 heteroatoms. The van der Waals surface area contributed by atoms with Gasteiger partial charge in [-0.25, -0.2) is 4.39 Å². The summed E-state index contributed by atoms with van der Waals surface area (Å²) in [7, 11) is 1.69. The molecule has 1 aliphatic heterocycles. The van der Waals surface area contributed by atoms with Crippen molar-refractivity contribution in [2.45, 2.75) is 6.54 Å². The van der Waals surface area contributed by atoms with Crippen LogP contribution in [0.25, 0.3) is 11.1 Å². The third kappa shape index (κ3) is 3.53. The summed E-state index contributed by atoms with van der Waals surface area (Å²) >= 11 is 0. The summed E-state index contributed by atoms with van der Waals surface area (Å²) in [6.45, 7) is 1.19. The number of fused-ring (bicyclic) bond motifs is 1. The fourth-order valence-corrected chi connectivity index (χ4v) is 3.23. The number of hydrogen-bond acceptors (Lipinski definition) is 3. The van der Waals surface area contributed by atoms with E-state index < -0.39 is 0 Å². The van der Waals surface area contributed by atoms with Gasteiger partial charge in [0.25, 0.3) is 11.5 Å². The first-order valence-corrected chi connectivity index (χ1v) is 8.99. The van der Waals surface area contributed by atoms with E-state index in [1.165, 1.54) is 16.7 Å². The van der Waals surface area contributed by atoms with E-state index in [9.17, 15) is 14.0 Å². The lowest BCUT2D eigenvalue weighted by Crippen LogP contribution is -2.31. The van der Waals surface area contributed by atoms with Crippen LogP contribution in [-0.4, -0.2) is 28.5 Å². The van der Waals surface area contributed by atoms with Gasteiger partial charge in [-0.1, -0.05) is 18.2 Å². The summed E-state index contributed by atoms with van der Waals surface area (Å²) in [6, 6.07) is 14.9. The molecule has 0 bridgehead atoms. The zero-order valence-corrected chi connectivity index (χ0v) is 15.4. The molecule has 0 aliphatic carbocycles. The van der Waals surface area contributed by atoms with Crippen LogP contribution < -0.4 is 10.3 Å². The second-order valence-electron chi connectivity index (χ2n) is 6.78. The Bertz CT molecular complexity index is 1090. The molecule has 2 heterocycles. The fraction of sp³-hybridized carbons (Fsp3) is 0.182. The highest BCUT2D eigenvalue weighted by atomic mass is 19.1. The molecule has 28 heavy (non-hydrogen) atoms. The molecule has 142 valence electrons. The van der Waals surface area contributed by atoms with Crippen LogP contribution in [-0.2, 0) is 13.6 Å². The first-order chi connectivity index (χ1) is 13.5. The molecule has 1 aliphatic rings. The molecular weight excluding hydrogens is 359 g/mol. The largest absolute Gasteiger partial charge is 0.491 e. The molecule has 0 saturated heterocycles. The Morgan fingerprint density at radius 3 is 2.50 bits per heavy atom. The van der Waals surface area contributed by atoms with Crippen molar-refractivity contribution in [2.24, 2.45) is 7.05 Å². The molecule has 0 fully saturated rings. The zero-order valence-electron chi connectivity index (χ0n) is 15.4. The second-order valence-corrected chi connectivity index (χ2v) is 6.78. The van der Waals surface area contributed by atoms with Gasteiger partial charge in [0, 0.05) is 25.9 Å². The van der Waals surface area contributed by atoms with Crippen molar-refractivity contribution in [2.75, 3.05) is 13.2 Å². The average Bonchev–Trinajstić information content (AvgIpc) is 2.85. The third-order valence-electron chi connectivity index (χ3n) is 4.84. The SMILES string of the molecule is Cn1ccc(-c2ccc3c(c2)C(=O)N(Cc2ccc(F)cc2)CCO3)cc1=O. The summed E-state index contributed by atoms with van der Waals surface area (Å²) in [4.78, 5) is 26.7. The summed E-state index contributed by atoms with van der Waals surface area (Å²) in [5, 5.41) is 0. The molecule has 0 unspecified atom stereocenters. The monoisotopic (exact) mass is 378 g/mol. The van der Waals surface area contributed by atoms with Gasteiger partial charge >= 0.3 is 0 Å². The van der Waals surface area contributed by atoms with Crippen LogP contribution >= 0.6 is 0 Å². The molecule has 3 aromatic rings. The van der Waals surface area contributed by atoms with E-state index in [2.05, 4.69) is 0 Å². The van der Waals surface area contributed by atoms with Gasteiger partial charge in [0.1, 0.15) is 18.2 Å². The molecule has 1 amide bonds. The maximum atomic E-state index is 13.1. The first kappa shape index (κ1) is 18.0. The highest BCUT2D eigenvalue weighted by molar-refractivity contribution is 5.98. The number of hydrogen-bond donors (Lipinski definition) is 0. The van der Waals surface area contributed by atoms with Crippen LogP contribution in [0, 0.1) is 5.82 Å². The zero-order chi connectivity index (χ0) is 19.7. The standard InChI is InChI=1S/C22H19FN2O3/c1-24-9-8-17(13-21(24)26)16-4-7-20-19(12-16)22(27)25(10-11-28-20)14-15-2-5-18(23)6-3-15/h2-9,12-13H,10-11,14H2,1H3. The lowest BCUT2D eigenvalue weighted by Gasteiger charge is -2.20. The van der Waals surface area contributed by atoms with Crippen LogP contribution in [0.5, 0.6) is 5.75 Å². The first-order valence-electron chi connectivity index (χ1n) is 8.99. The minimum absolute atomic E-state index is 0.118. The van der Waals surface area contributed by atoms with Crippen LogP contribution in [0.3, 0.4) is 0 Å². The molecule has 5 nitrogen and oxygen atoms in total. The van der Waals surface area contributed by atoms with Crippen LogP contribution in [0.2, 0.25) is 0 Å². The lowest BCUT2D eigenvalue weighted by molar-refractivity contribution is 0.0743. The van der Waals surface area contributed by atoms with Crippen molar-refractivity contribution in [3.05, 3.63) is 88.1 Å². The van der Waals surface area contributed by atoms with Gasteiger partial charge in [-0.3, -0.25) is 9.59 Å². The number of ether oxygens (including phenoxy) is 1. The summed E-state index contributed by atoms with van der Waals surface area (Å²) in [5.41, 5.74) is 2.71. The quantitative estimate of drug-likeness (QED) is 0.703. The summed E-state index contributed by atoms with van der Waals surface area (Å²) in [5.74, 6) is 0.0694. The van der Waals surface area contributed by atoms with E-state index in [1.54, 1.807) is 48.5 Å². The van der Waals surface area contributed by atoms with E-state index in [0.29, 0.717) is 31.0 Å². The molecule has 0 saturated carbocycles. The van der Waals surface area contributed by atoms with E-state index in [4.69, 9.17) is 4.74 Å². The normalized spacial score (nSPS) is 13.6. The van der Waals surface area contributed by atoms with E-state index >= 15 is 0 Å². The predicted molar refractivity (Wildman–Crippen MR) is 104 cm³/mol. The number of pyridine rings is 1. The number of carbonyl (C=O) groups is 1. The number of benzene rings is 2. The maximum Gasteiger partial charge on any atom is 0.258 e. The van der Waals surface area contributed by atoms with E-state index in [-0.39, 0.29) is 17.3 Å². The minimum Gasteiger partial charge on any atom is -0.491 e. The molecule has 0 radical (unpaired) electrons. The number of halogens is 1. The Labute approximate surface area is 161 Å². The summed E-state index contributed by atoms with van der Waals surface area (Å²) < 4.78 is 20.4. The number of amides is 1. The second kappa shape index (κ2) is 7.31. The molecular formula is C22H19FN2O3. The van der Waals surface area contributed by atoms with Gasteiger partial charge in [0.15, 0.2) is 0 Å². The van der Waals surface area contributed by atoms with Crippen molar-refractivity contribution in [1.29, 1.82) is 0 Å². The van der Waals surface area contributed by atoms with E-state index in [1.807, 2.05) is 12.1 Å². The Kier molecular flexibility index (Phi) is 4.69. The molecule has 0 N–H and O–H groups in total. The molecule has 2 aromatic carbocycles. The number of carbonyl (C=O) groups excluding carboxylic acids is 1. The predicted octanol–water partition coefficient (Wildman–Crippen LogP) is 3.23. The Hall–Kier alpha value is -3.41. The number of rotatable bonds is 3. The highest BCUT2D eigenvalue weighted by Gasteiger charge is 2.24. The van der Waals surface area contributed by atoms with Gasteiger partial charge < -0.3 is 14.2 Å². The van der Waals surface area contributed by atoms with Gasteiger partial charge in [-0.05, 0) is 47.0 Å². The minimum atomic E-state index is -0.307. The van der Waals surface area contributed by atoms with Crippen LogP contribution in [0.4, 0.5) is 4.39 Å². The number of aryl methyl sites for hydroxylation is 1. The third-order valence-corrected chi connectivity index (χ3v) is 4.84. The maximum absolute atomic E-state index is 13.1. The highest BCUT2D eigenvalue weighted by Crippen LogP contribution is 2.29. The van der Waals surface area contributed by atoms with Crippen molar-refractivity contribution in [1.82, 2.24) is 9.47 Å². The van der Waals surface area contributed by atoms with Crippen LogP contribution in [0.1, 0.15) is 15.9 Å². The fourth-order valence-electron chi connectivity index (χ4n) is 3.23. The number of nitrogens with zero attached hydrogens (tertiary/aromatic N) is 2. The molecule has 0 spiro atoms. The van der Waals surface area contributed by atoms with Crippen LogP contribution in [0.15, 0.2) is 65.6 Å². The van der Waals surface area contributed by atoms with Gasteiger partial charge in [-0.2, -0.15) is 0 Å². The van der Waals surface area contributed by atoms with Gasteiger partial charge in [-0.15, -0.1) is 0 Å². The number of aromatic nitrogens is 1. The topological polar surface area (TPSA) is 51.5 Å². The molecule has 0 atom stereocenters. The van der Waals surface area contributed by atoms with Crippen molar-refractivity contribution < 1.29 is 13.9 Å². The van der Waals surface area contributed by atoms with Crippen molar-refractivity contribution in [3.63, 3.8) is 0 Å². The average molecular weight is 378 g/mol.